The Hall–Kier alpha value is -5.32. The molecule has 0 aliphatic carbocycles. The van der Waals surface area contributed by atoms with Crippen LogP contribution in [0.15, 0.2) is 108 Å². The van der Waals surface area contributed by atoms with Gasteiger partial charge in [0.15, 0.2) is 0 Å². The van der Waals surface area contributed by atoms with E-state index in [1.807, 2.05) is 12.1 Å². The van der Waals surface area contributed by atoms with Crippen molar-refractivity contribution in [2.24, 2.45) is 11.5 Å². The van der Waals surface area contributed by atoms with Gasteiger partial charge in [-0.25, -0.2) is 23.1 Å². The van der Waals surface area contributed by atoms with E-state index in [4.69, 9.17) is 33.1 Å². The number of hydrogen-bond donors (Lipinski definition) is 7. The second-order valence-electron chi connectivity index (χ2n) is 9.78. The number of halogens is 1. The largest absolute Gasteiger partial charge is 0.488 e. The fourth-order valence-electron chi connectivity index (χ4n) is 4.17. The molecular formula is C31H29BClN7O6S. The normalized spacial score (nSPS) is 10.7. The number of nitrogens with one attached hydrogen (secondary N) is 3. The van der Waals surface area contributed by atoms with Crippen LogP contribution in [0, 0.1) is 0 Å². The fraction of sp³-hybridized carbons (Fsp3) is 0.0323. The number of aromatic nitrogens is 2. The number of nitrogens with two attached hydrogens (primary N) is 2. The van der Waals surface area contributed by atoms with Crippen LogP contribution in [-0.2, 0) is 10.0 Å². The number of primary amides is 2. The summed E-state index contributed by atoms with van der Waals surface area (Å²) in [5.74, 6) is -0.143. The molecule has 0 aliphatic heterocycles. The van der Waals surface area contributed by atoms with E-state index >= 15 is 0 Å². The van der Waals surface area contributed by atoms with E-state index in [9.17, 15) is 18.0 Å². The van der Waals surface area contributed by atoms with Crippen LogP contribution >= 0.6 is 11.6 Å². The monoisotopic (exact) mass is 673 g/mol. The van der Waals surface area contributed by atoms with Crippen LogP contribution in [0.3, 0.4) is 0 Å². The van der Waals surface area contributed by atoms with E-state index < -0.39 is 29.0 Å². The molecule has 0 bridgehead atoms. The summed E-state index contributed by atoms with van der Waals surface area (Å²) >= 11 is 6.41. The van der Waals surface area contributed by atoms with E-state index in [1.54, 1.807) is 48.5 Å². The van der Waals surface area contributed by atoms with Crippen LogP contribution in [0.4, 0.5) is 23.0 Å². The highest BCUT2D eigenvalue weighted by atomic mass is 35.5. The molecule has 16 heteroatoms. The minimum atomic E-state index is -3.57. The van der Waals surface area contributed by atoms with Gasteiger partial charge >= 0.3 is 7.12 Å². The molecule has 0 unspecified atom stereocenters. The summed E-state index contributed by atoms with van der Waals surface area (Å²) in [7, 11) is -3.78. The van der Waals surface area contributed by atoms with Crippen molar-refractivity contribution in [1.29, 1.82) is 0 Å². The number of sulfonamides is 1. The highest BCUT2D eigenvalue weighted by molar-refractivity contribution is 7.89. The second-order valence-corrected chi connectivity index (χ2v) is 12.1. The smallest absolute Gasteiger partial charge is 0.423 e. The van der Waals surface area contributed by atoms with Gasteiger partial charge in [-0.2, -0.15) is 0 Å². The van der Waals surface area contributed by atoms with Gasteiger partial charge in [0, 0.05) is 39.2 Å². The predicted molar refractivity (Wildman–Crippen MR) is 181 cm³/mol. The van der Waals surface area contributed by atoms with Gasteiger partial charge in [0.25, 0.3) is 0 Å². The van der Waals surface area contributed by atoms with Gasteiger partial charge in [0.05, 0.1) is 4.90 Å². The molecule has 9 N–H and O–H groups in total. The summed E-state index contributed by atoms with van der Waals surface area (Å²) in [6.07, 6.45) is 1.38. The Labute approximate surface area is 275 Å². The molecule has 5 aromatic rings. The van der Waals surface area contributed by atoms with Crippen molar-refractivity contribution in [3.8, 4) is 11.1 Å². The van der Waals surface area contributed by atoms with Crippen molar-refractivity contribution in [2.45, 2.75) is 4.90 Å². The Bertz CT molecular complexity index is 2030. The van der Waals surface area contributed by atoms with Gasteiger partial charge in [0.2, 0.25) is 21.8 Å². The second kappa shape index (κ2) is 15.3. The fourth-order valence-corrected chi connectivity index (χ4v) is 5.17. The number of amides is 2. The molecule has 5 rings (SSSR count). The molecule has 0 saturated heterocycles. The number of rotatable bonds is 10. The Morgan fingerprint density at radius 1 is 0.766 bits per heavy atom. The highest BCUT2D eigenvalue weighted by Gasteiger charge is 2.13. The molecule has 4 aromatic carbocycles. The number of carbonyl (C=O) groups is 2. The van der Waals surface area contributed by atoms with Crippen molar-refractivity contribution in [3.05, 3.63) is 120 Å². The average molecular weight is 674 g/mol. The molecule has 0 atom stereocenters. The predicted octanol–water partition coefficient (Wildman–Crippen LogP) is 2.76. The summed E-state index contributed by atoms with van der Waals surface area (Å²) in [5, 5.41) is 24.3. The lowest BCUT2D eigenvalue weighted by Gasteiger charge is -2.12. The zero-order valence-corrected chi connectivity index (χ0v) is 26.3. The Morgan fingerprint density at radius 2 is 1.36 bits per heavy atom. The van der Waals surface area contributed by atoms with Crippen molar-refractivity contribution in [2.75, 3.05) is 17.7 Å². The standard InChI is InChI=1S/C24H21ClN6O3S.C7H8BNO3/c1-27-35(33,34)19-7-3-6-17(11-19)30-22-13-23(29-14-28-22)31-18-8-9-21(25)20(12-18)15-4-2-5-16(10-15)24(26)32;9-7(10)5-2-1-3-6(4-5)8(11)12/h2-14,27H,1H3,(H2,26,32)(H2,28,29,30,31);1-4,11-12H,(H2,9,10). The summed E-state index contributed by atoms with van der Waals surface area (Å²) in [6.45, 7) is 0. The minimum Gasteiger partial charge on any atom is -0.423 e. The quantitative estimate of drug-likeness (QED) is 0.107. The summed E-state index contributed by atoms with van der Waals surface area (Å²) in [5.41, 5.74) is 14.0. The average Bonchev–Trinajstić information content (AvgIpc) is 3.06. The molecule has 0 spiro atoms. The van der Waals surface area contributed by atoms with Gasteiger partial charge in [-0.15, -0.1) is 0 Å². The zero-order chi connectivity index (χ0) is 34.1. The number of nitrogens with zero attached hydrogens (tertiary/aromatic N) is 2. The Balaban J connectivity index is 0.000000351. The van der Waals surface area contributed by atoms with Crippen LogP contribution in [0.2, 0.25) is 5.02 Å². The number of carbonyl (C=O) groups excluding carboxylic acids is 2. The minimum absolute atomic E-state index is 0.131. The topological polar surface area (TPSA) is 223 Å². The van der Waals surface area contributed by atoms with E-state index in [1.165, 1.54) is 49.8 Å². The van der Waals surface area contributed by atoms with Gasteiger partial charge < -0.3 is 32.1 Å². The van der Waals surface area contributed by atoms with Crippen molar-refractivity contribution in [3.63, 3.8) is 0 Å². The summed E-state index contributed by atoms with van der Waals surface area (Å²) in [4.78, 5) is 30.8. The first-order valence-electron chi connectivity index (χ1n) is 13.7. The molecule has 0 aliphatic rings. The van der Waals surface area contributed by atoms with Crippen LogP contribution in [0.25, 0.3) is 11.1 Å². The Kier molecular flexibility index (Phi) is 11.3. The lowest BCUT2D eigenvalue weighted by Crippen LogP contribution is -2.30. The molecule has 1 aromatic heterocycles. The van der Waals surface area contributed by atoms with Gasteiger partial charge in [-0.3, -0.25) is 9.59 Å². The first-order chi connectivity index (χ1) is 22.4. The summed E-state index contributed by atoms with van der Waals surface area (Å²) in [6, 6.07) is 26.2. The Morgan fingerprint density at radius 3 is 1.98 bits per heavy atom. The van der Waals surface area contributed by atoms with Gasteiger partial charge in [0.1, 0.15) is 18.0 Å². The molecule has 240 valence electrons. The van der Waals surface area contributed by atoms with Gasteiger partial charge in [-0.1, -0.05) is 41.9 Å². The first kappa shape index (κ1) is 34.6. The molecule has 2 amide bonds. The number of benzene rings is 4. The van der Waals surface area contributed by atoms with Crippen molar-refractivity contribution >= 4 is 69.0 Å². The molecule has 0 saturated carbocycles. The van der Waals surface area contributed by atoms with Crippen molar-refractivity contribution in [1.82, 2.24) is 14.7 Å². The maximum atomic E-state index is 12.1. The summed E-state index contributed by atoms with van der Waals surface area (Å²) < 4.78 is 26.4. The van der Waals surface area contributed by atoms with Crippen molar-refractivity contribution < 1.29 is 28.1 Å². The number of anilines is 4. The number of hydrogen-bond acceptors (Lipinski definition) is 10. The van der Waals surface area contributed by atoms with Crippen LogP contribution in [0.5, 0.6) is 0 Å². The first-order valence-corrected chi connectivity index (χ1v) is 15.6. The van der Waals surface area contributed by atoms with Crippen LogP contribution < -0.4 is 32.3 Å². The highest BCUT2D eigenvalue weighted by Crippen LogP contribution is 2.32. The van der Waals surface area contributed by atoms with E-state index in [0.717, 1.165) is 11.1 Å². The molecule has 13 nitrogen and oxygen atoms in total. The molecule has 0 fully saturated rings. The molecule has 47 heavy (non-hydrogen) atoms. The van der Waals surface area contributed by atoms with Crippen LogP contribution in [0.1, 0.15) is 20.7 Å². The van der Waals surface area contributed by atoms with E-state index in [2.05, 4.69) is 25.3 Å². The zero-order valence-electron chi connectivity index (χ0n) is 24.8. The SMILES string of the molecule is CNS(=O)(=O)c1cccc(Nc2cc(Nc3ccc(Cl)c(-c4cccc(C(N)=O)c4)c3)ncn2)c1.NC(=O)c1cccc(B(O)O)c1. The molecule has 0 radical (unpaired) electrons. The lowest BCUT2D eigenvalue weighted by molar-refractivity contribution is 0.0992. The molecule has 1 heterocycles. The maximum absolute atomic E-state index is 12.1. The maximum Gasteiger partial charge on any atom is 0.488 e. The lowest BCUT2D eigenvalue weighted by atomic mass is 9.79. The third kappa shape index (κ3) is 9.35. The van der Waals surface area contributed by atoms with Gasteiger partial charge in [-0.05, 0) is 78.7 Å². The third-order valence-corrected chi connectivity index (χ3v) is 8.26. The molecular weight excluding hydrogens is 645 g/mol. The van der Waals surface area contributed by atoms with Crippen LogP contribution in [-0.4, -0.2) is 54.4 Å². The van der Waals surface area contributed by atoms with E-state index in [0.29, 0.717) is 33.6 Å². The van der Waals surface area contributed by atoms with E-state index in [-0.39, 0.29) is 15.9 Å². The third-order valence-electron chi connectivity index (χ3n) is 6.52.